The summed E-state index contributed by atoms with van der Waals surface area (Å²) in [4.78, 5) is 2.23. The summed E-state index contributed by atoms with van der Waals surface area (Å²) in [5, 5.41) is 12.8. The largest absolute Gasteiger partial charge is 0.409 e. The first-order chi connectivity index (χ1) is 9.11. The van der Waals surface area contributed by atoms with E-state index in [1.807, 2.05) is 13.0 Å². The number of halogens is 1. The van der Waals surface area contributed by atoms with Gasteiger partial charge in [0.25, 0.3) is 0 Å². The summed E-state index contributed by atoms with van der Waals surface area (Å²) < 4.78 is 0. The molecule has 0 saturated carbocycles. The Balaban J connectivity index is 2.15. The van der Waals surface area contributed by atoms with Crippen LogP contribution in [0.3, 0.4) is 0 Å². The number of rotatable bonds is 3. The maximum absolute atomic E-state index is 8.87. The third kappa shape index (κ3) is 3.39. The second-order valence-corrected chi connectivity index (χ2v) is 5.51. The maximum Gasteiger partial charge on any atom is 0.156 e. The van der Waals surface area contributed by atoms with Gasteiger partial charge in [0.2, 0.25) is 0 Å². The van der Waals surface area contributed by atoms with Crippen molar-refractivity contribution >= 4 is 17.4 Å². The molecule has 19 heavy (non-hydrogen) atoms. The van der Waals surface area contributed by atoms with Gasteiger partial charge in [0.05, 0.1) is 6.04 Å². The van der Waals surface area contributed by atoms with Crippen LogP contribution in [-0.2, 0) is 6.54 Å². The number of oxime groups is 1. The van der Waals surface area contributed by atoms with Gasteiger partial charge in [-0.3, -0.25) is 4.90 Å². The van der Waals surface area contributed by atoms with E-state index in [0.717, 1.165) is 48.5 Å². The first-order valence-electron chi connectivity index (χ1n) is 6.58. The Morgan fingerprint density at radius 2 is 2.32 bits per heavy atom. The summed E-state index contributed by atoms with van der Waals surface area (Å²) in [6.07, 6.45) is 3.18. The average molecular weight is 282 g/mol. The molecule has 0 aromatic heterocycles. The first kappa shape index (κ1) is 14.2. The van der Waals surface area contributed by atoms with Crippen molar-refractivity contribution in [2.45, 2.75) is 38.8 Å². The van der Waals surface area contributed by atoms with Crippen molar-refractivity contribution in [1.29, 1.82) is 0 Å². The molecule has 1 aromatic carbocycles. The van der Waals surface area contributed by atoms with Crippen molar-refractivity contribution in [2.24, 2.45) is 10.9 Å². The average Bonchev–Trinajstić information content (AvgIpc) is 2.41. The van der Waals surface area contributed by atoms with Gasteiger partial charge in [-0.15, -0.1) is 0 Å². The van der Waals surface area contributed by atoms with Gasteiger partial charge in [0.15, 0.2) is 5.84 Å². The Labute approximate surface area is 118 Å². The second-order valence-electron chi connectivity index (χ2n) is 5.10. The number of likely N-dealkylation sites (tertiary alicyclic amines) is 1. The van der Waals surface area contributed by atoms with E-state index < -0.39 is 0 Å². The van der Waals surface area contributed by atoms with E-state index in [2.05, 4.69) is 22.2 Å². The van der Waals surface area contributed by atoms with Gasteiger partial charge in [-0.1, -0.05) is 35.3 Å². The highest BCUT2D eigenvalue weighted by Gasteiger charge is 2.26. The fourth-order valence-electron chi connectivity index (χ4n) is 2.58. The number of hydrogen-bond donors (Lipinski definition) is 2. The summed E-state index contributed by atoms with van der Waals surface area (Å²) in [6, 6.07) is 6.09. The molecule has 1 aliphatic heterocycles. The number of piperidine rings is 1. The fourth-order valence-corrected chi connectivity index (χ4v) is 2.88. The van der Waals surface area contributed by atoms with Crippen LogP contribution in [0, 0.1) is 6.92 Å². The summed E-state index contributed by atoms with van der Waals surface area (Å²) in [5.74, 6) is 0.294. The molecule has 1 atom stereocenters. The summed E-state index contributed by atoms with van der Waals surface area (Å²) in [7, 11) is 0. The van der Waals surface area contributed by atoms with Crippen molar-refractivity contribution < 1.29 is 5.21 Å². The Morgan fingerprint density at radius 1 is 1.53 bits per heavy atom. The highest BCUT2D eigenvalue weighted by atomic mass is 35.5. The van der Waals surface area contributed by atoms with E-state index in [1.54, 1.807) is 0 Å². The van der Waals surface area contributed by atoms with Gasteiger partial charge >= 0.3 is 0 Å². The molecule has 5 heteroatoms. The maximum atomic E-state index is 8.87. The fraction of sp³-hybridized carbons (Fsp3) is 0.500. The third-order valence-electron chi connectivity index (χ3n) is 3.65. The Morgan fingerprint density at radius 3 is 3.00 bits per heavy atom. The molecule has 0 radical (unpaired) electrons. The van der Waals surface area contributed by atoms with Crippen molar-refractivity contribution in [3.63, 3.8) is 0 Å². The molecule has 4 nitrogen and oxygen atoms in total. The Bertz CT molecular complexity index is 476. The molecule has 0 bridgehead atoms. The lowest BCUT2D eigenvalue weighted by atomic mass is 10.00. The van der Waals surface area contributed by atoms with Crippen LogP contribution in [0.2, 0.25) is 5.02 Å². The number of nitrogens with two attached hydrogens (primary N) is 1. The van der Waals surface area contributed by atoms with Crippen LogP contribution >= 0.6 is 11.6 Å². The molecule has 0 aliphatic carbocycles. The topological polar surface area (TPSA) is 61.8 Å². The molecule has 104 valence electrons. The van der Waals surface area contributed by atoms with Gasteiger partial charge < -0.3 is 10.9 Å². The Hall–Kier alpha value is -1.26. The van der Waals surface area contributed by atoms with Gasteiger partial charge in [-0.25, -0.2) is 0 Å². The van der Waals surface area contributed by atoms with Crippen molar-refractivity contribution in [2.75, 3.05) is 6.54 Å². The SMILES string of the molecule is Cc1ccc(CN2CCCCC2/C(N)=N/O)c(Cl)c1. The zero-order valence-corrected chi connectivity index (χ0v) is 11.9. The predicted octanol–water partition coefficient (Wildman–Crippen LogP) is 2.75. The Kier molecular flexibility index (Phi) is 4.66. The standard InChI is InChI=1S/C14H20ClN3O/c1-10-5-6-11(12(15)8-10)9-18-7-3-2-4-13(18)14(16)17-19/h5-6,8,13,19H,2-4,7,9H2,1H3,(H2,16,17). The van der Waals surface area contributed by atoms with Crippen molar-refractivity contribution in [1.82, 2.24) is 4.90 Å². The minimum Gasteiger partial charge on any atom is -0.409 e. The molecule has 1 unspecified atom stereocenters. The lowest BCUT2D eigenvalue weighted by molar-refractivity contribution is 0.178. The van der Waals surface area contributed by atoms with E-state index >= 15 is 0 Å². The molecule has 1 saturated heterocycles. The lowest BCUT2D eigenvalue weighted by Crippen LogP contribution is -2.47. The third-order valence-corrected chi connectivity index (χ3v) is 4.00. The lowest BCUT2D eigenvalue weighted by Gasteiger charge is -2.34. The van der Waals surface area contributed by atoms with E-state index in [4.69, 9.17) is 22.5 Å². The van der Waals surface area contributed by atoms with E-state index in [0.29, 0.717) is 5.84 Å². The summed E-state index contributed by atoms with van der Waals surface area (Å²) in [5.41, 5.74) is 8.02. The number of hydrogen-bond acceptors (Lipinski definition) is 3. The number of benzene rings is 1. The van der Waals surface area contributed by atoms with Gasteiger partial charge in [-0.2, -0.15) is 0 Å². The second kappa shape index (κ2) is 6.26. The highest BCUT2D eigenvalue weighted by Crippen LogP contribution is 2.24. The first-order valence-corrected chi connectivity index (χ1v) is 6.96. The molecular weight excluding hydrogens is 262 g/mol. The molecule has 1 fully saturated rings. The number of aryl methyl sites for hydroxylation is 1. The number of amidine groups is 1. The van der Waals surface area contributed by atoms with Crippen LogP contribution in [0.15, 0.2) is 23.4 Å². The molecular formula is C14H20ClN3O. The predicted molar refractivity (Wildman–Crippen MR) is 77.6 cm³/mol. The van der Waals surface area contributed by atoms with E-state index in [-0.39, 0.29) is 6.04 Å². The van der Waals surface area contributed by atoms with Crippen LogP contribution < -0.4 is 5.73 Å². The van der Waals surface area contributed by atoms with E-state index in [9.17, 15) is 0 Å². The highest BCUT2D eigenvalue weighted by molar-refractivity contribution is 6.31. The molecule has 2 rings (SSSR count). The molecule has 0 spiro atoms. The quantitative estimate of drug-likeness (QED) is 0.388. The van der Waals surface area contributed by atoms with Crippen LogP contribution in [0.25, 0.3) is 0 Å². The van der Waals surface area contributed by atoms with Gasteiger partial charge in [0, 0.05) is 11.6 Å². The molecule has 0 amide bonds. The zero-order valence-electron chi connectivity index (χ0n) is 11.1. The summed E-state index contributed by atoms with van der Waals surface area (Å²) >= 11 is 6.27. The smallest absolute Gasteiger partial charge is 0.156 e. The van der Waals surface area contributed by atoms with Gasteiger partial charge in [-0.05, 0) is 43.5 Å². The van der Waals surface area contributed by atoms with Crippen molar-refractivity contribution in [3.8, 4) is 0 Å². The van der Waals surface area contributed by atoms with Crippen molar-refractivity contribution in [3.05, 3.63) is 34.3 Å². The zero-order chi connectivity index (χ0) is 13.8. The molecule has 1 heterocycles. The minimum atomic E-state index is 0.0103. The van der Waals surface area contributed by atoms with Gasteiger partial charge in [0.1, 0.15) is 0 Å². The minimum absolute atomic E-state index is 0.0103. The van der Waals surface area contributed by atoms with E-state index in [1.165, 1.54) is 0 Å². The van der Waals surface area contributed by atoms with Crippen LogP contribution in [0.1, 0.15) is 30.4 Å². The monoisotopic (exact) mass is 281 g/mol. The molecule has 1 aliphatic rings. The van der Waals surface area contributed by atoms with Crippen LogP contribution in [-0.4, -0.2) is 28.5 Å². The summed E-state index contributed by atoms with van der Waals surface area (Å²) in [6.45, 7) is 3.71. The van der Waals surface area contributed by atoms with Crippen LogP contribution in [0.4, 0.5) is 0 Å². The normalized spacial score (nSPS) is 21.6. The molecule has 1 aromatic rings. The van der Waals surface area contributed by atoms with Crippen LogP contribution in [0.5, 0.6) is 0 Å². The number of nitrogens with zero attached hydrogens (tertiary/aromatic N) is 2. The molecule has 3 N–H and O–H groups in total.